The van der Waals surface area contributed by atoms with Gasteiger partial charge in [0.25, 0.3) is 5.56 Å². The van der Waals surface area contributed by atoms with Gasteiger partial charge in [-0.15, -0.1) is 0 Å². The number of ether oxygens (including phenoxy) is 1. The molecule has 2 aromatic carbocycles. The van der Waals surface area contributed by atoms with Gasteiger partial charge in [-0.2, -0.15) is 5.10 Å². The van der Waals surface area contributed by atoms with E-state index in [1.54, 1.807) is 30.2 Å². The molecular weight excluding hydrogens is 400 g/mol. The second kappa shape index (κ2) is 8.47. The molecule has 1 N–H and O–H groups in total. The van der Waals surface area contributed by atoms with Crippen LogP contribution in [0.5, 0.6) is 5.75 Å². The van der Waals surface area contributed by atoms with Gasteiger partial charge in [0.2, 0.25) is 5.91 Å². The zero-order chi connectivity index (χ0) is 22.0. The Morgan fingerprint density at radius 3 is 2.32 bits per heavy atom. The lowest BCUT2D eigenvalue weighted by atomic mass is 10.1. The number of anilines is 1. The molecule has 31 heavy (non-hydrogen) atoms. The van der Waals surface area contributed by atoms with E-state index in [0.717, 1.165) is 16.1 Å². The molecule has 160 valence electrons. The molecular formula is C22H22N4O5. The van der Waals surface area contributed by atoms with Gasteiger partial charge in [-0.1, -0.05) is 30.3 Å². The van der Waals surface area contributed by atoms with Crippen LogP contribution in [0.2, 0.25) is 0 Å². The number of hydrogen-bond donors (Lipinski definition) is 1. The summed E-state index contributed by atoms with van der Waals surface area (Å²) in [5.41, 5.74) is 0.237. The number of benzene rings is 2. The van der Waals surface area contributed by atoms with Crippen LogP contribution in [0.4, 0.5) is 5.69 Å². The second-order valence-electron chi connectivity index (χ2n) is 7.20. The highest BCUT2D eigenvalue weighted by Gasteiger charge is 2.24. The largest absolute Gasteiger partial charge is 0.495 e. The fourth-order valence-corrected chi connectivity index (χ4v) is 3.82. The number of methoxy groups -OCH3 is 1. The van der Waals surface area contributed by atoms with Gasteiger partial charge in [-0.3, -0.25) is 9.59 Å². The van der Waals surface area contributed by atoms with Crippen molar-refractivity contribution >= 4 is 28.3 Å². The SMILES string of the molecule is COc1ccccc1N1CCN(C(=O)Cn2nc(C(=O)O)c3ccccc3c2=O)CC1. The van der Waals surface area contributed by atoms with E-state index in [2.05, 4.69) is 10.00 Å². The Morgan fingerprint density at radius 1 is 1.00 bits per heavy atom. The molecule has 4 rings (SSSR count). The Hall–Kier alpha value is -3.88. The second-order valence-corrected chi connectivity index (χ2v) is 7.20. The lowest BCUT2D eigenvalue weighted by Gasteiger charge is -2.36. The molecule has 1 amide bonds. The Morgan fingerprint density at radius 2 is 1.65 bits per heavy atom. The summed E-state index contributed by atoms with van der Waals surface area (Å²) < 4.78 is 6.36. The van der Waals surface area contributed by atoms with Gasteiger partial charge in [0.15, 0.2) is 5.69 Å². The number of aromatic nitrogens is 2. The van der Waals surface area contributed by atoms with E-state index < -0.39 is 11.5 Å². The number of carboxylic acid groups (broad SMARTS) is 1. The zero-order valence-corrected chi connectivity index (χ0v) is 17.0. The lowest BCUT2D eigenvalue weighted by molar-refractivity contribution is -0.132. The van der Waals surface area contributed by atoms with Gasteiger partial charge >= 0.3 is 5.97 Å². The maximum absolute atomic E-state index is 12.8. The maximum Gasteiger partial charge on any atom is 0.357 e. The summed E-state index contributed by atoms with van der Waals surface area (Å²) in [6, 6.07) is 14.1. The molecule has 0 spiro atoms. The van der Waals surface area contributed by atoms with E-state index in [0.29, 0.717) is 26.2 Å². The number of carbonyl (C=O) groups is 2. The fourth-order valence-electron chi connectivity index (χ4n) is 3.82. The molecule has 9 nitrogen and oxygen atoms in total. The van der Waals surface area contributed by atoms with E-state index in [1.807, 2.05) is 24.3 Å². The zero-order valence-electron chi connectivity index (χ0n) is 17.0. The topological polar surface area (TPSA) is 105 Å². The van der Waals surface area contributed by atoms with E-state index in [9.17, 15) is 19.5 Å². The molecule has 9 heteroatoms. The van der Waals surface area contributed by atoms with Crippen LogP contribution in [0.15, 0.2) is 53.3 Å². The van der Waals surface area contributed by atoms with Crippen LogP contribution in [-0.4, -0.2) is 65.0 Å². The number of piperazine rings is 1. The van der Waals surface area contributed by atoms with E-state index in [-0.39, 0.29) is 28.9 Å². The van der Waals surface area contributed by atoms with Crippen molar-refractivity contribution in [1.29, 1.82) is 0 Å². The molecule has 0 aliphatic carbocycles. The third-order valence-electron chi connectivity index (χ3n) is 5.41. The highest BCUT2D eigenvalue weighted by Crippen LogP contribution is 2.28. The predicted molar refractivity (Wildman–Crippen MR) is 115 cm³/mol. The summed E-state index contributed by atoms with van der Waals surface area (Å²) in [5.74, 6) is -0.751. The molecule has 0 saturated carbocycles. The van der Waals surface area contributed by atoms with Gasteiger partial charge in [0.05, 0.1) is 18.2 Å². The van der Waals surface area contributed by atoms with Crippen molar-refractivity contribution in [3.05, 3.63) is 64.6 Å². The molecule has 1 saturated heterocycles. The molecule has 0 unspecified atom stereocenters. The Bertz CT molecular complexity index is 1200. The maximum atomic E-state index is 12.8. The van der Waals surface area contributed by atoms with Crippen LogP contribution in [-0.2, 0) is 11.3 Å². The average Bonchev–Trinajstić information content (AvgIpc) is 2.80. The minimum absolute atomic E-state index is 0.226. The average molecular weight is 422 g/mol. The van der Waals surface area contributed by atoms with Gasteiger partial charge in [-0.25, -0.2) is 9.48 Å². The lowest BCUT2D eigenvalue weighted by Crippen LogP contribution is -2.50. The normalized spacial score (nSPS) is 14.0. The van der Waals surface area contributed by atoms with Crippen LogP contribution in [0.25, 0.3) is 10.8 Å². The number of rotatable bonds is 5. The van der Waals surface area contributed by atoms with E-state index in [1.165, 1.54) is 6.07 Å². The summed E-state index contributed by atoms with van der Waals surface area (Å²) >= 11 is 0. The molecule has 0 radical (unpaired) electrons. The van der Waals surface area contributed by atoms with Crippen LogP contribution >= 0.6 is 0 Å². The van der Waals surface area contributed by atoms with E-state index in [4.69, 9.17) is 4.74 Å². The van der Waals surface area contributed by atoms with Gasteiger partial charge in [0.1, 0.15) is 12.3 Å². The quantitative estimate of drug-likeness (QED) is 0.664. The molecule has 3 aromatic rings. The van der Waals surface area contributed by atoms with Gasteiger partial charge in [0, 0.05) is 31.6 Å². The van der Waals surface area contributed by atoms with Crippen molar-refractivity contribution in [3.63, 3.8) is 0 Å². The number of nitrogens with zero attached hydrogens (tertiary/aromatic N) is 4. The van der Waals surface area contributed by atoms with Gasteiger partial charge in [-0.05, 0) is 18.2 Å². The molecule has 1 aliphatic rings. The Balaban J connectivity index is 1.51. The number of carbonyl (C=O) groups excluding carboxylic acids is 1. The standard InChI is InChI=1S/C22H22N4O5/c1-31-18-9-5-4-8-17(18)24-10-12-25(13-11-24)19(27)14-26-21(28)16-7-3-2-6-15(16)20(23-26)22(29)30/h2-9H,10-14H2,1H3,(H,29,30). The van der Waals surface area contributed by atoms with Crippen LogP contribution in [0, 0.1) is 0 Å². The number of hydrogen-bond acceptors (Lipinski definition) is 6. The minimum atomic E-state index is -1.25. The smallest absolute Gasteiger partial charge is 0.357 e. The molecule has 1 aliphatic heterocycles. The number of fused-ring (bicyclic) bond motifs is 1. The fraction of sp³-hybridized carbons (Fsp3) is 0.273. The predicted octanol–water partition coefficient (Wildman–Crippen LogP) is 1.45. The van der Waals surface area contributed by atoms with Crippen molar-refractivity contribution in [2.24, 2.45) is 0 Å². The first-order valence-corrected chi connectivity index (χ1v) is 9.88. The van der Waals surface area contributed by atoms with Crippen LogP contribution in [0.3, 0.4) is 0 Å². The highest BCUT2D eigenvalue weighted by molar-refractivity contribution is 6.01. The molecule has 2 heterocycles. The van der Waals surface area contributed by atoms with Crippen LogP contribution in [0.1, 0.15) is 10.5 Å². The summed E-state index contributed by atoms with van der Waals surface area (Å²) in [4.78, 5) is 41.0. The monoisotopic (exact) mass is 422 g/mol. The molecule has 1 aromatic heterocycles. The first kappa shape index (κ1) is 20.4. The molecule has 0 atom stereocenters. The first-order valence-electron chi connectivity index (χ1n) is 9.88. The summed E-state index contributed by atoms with van der Waals surface area (Å²) in [6.45, 7) is 1.88. The minimum Gasteiger partial charge on any atom is -0.495 e. The first-order chi connectivity index (χ1) is 15.0. The van der Waals surface area contributed by atoms with Crippen molar-refractivity contribution < 1.29 is 19.4 Å². The van der Waals surface area contributed by atoms with Gasteiger partial charge < -0.3 is 19.6 Å². The Labute approximate surface area is 178 Å². The Kier molecular flexibility index (Phi) is 5.57. The van der Waals surface area contributed by atoms with Crippen LogP contribution < -0.4 is 15.2 Å². The third kappa shape index (κ3) is 3.94. The summed E-state index contributed by atoms with van der Waals surface area (Å²) in [7, 11) is 1.62. The molecule has 0 bridgehead atoms. The van der Waals surface area contributed by atoms with Crippen molar-refractivity contribution in [1.82, 2.24) is 14.7 Å². The summed E-state index contributed by atoms with van der Waals surface area (Å²) in [6.07, 6.45) is 0. The number of aromatic carboxylic acids is 1. The number of amides is 1. The highest BCUT2D eigenvalue weighted by atomic mass is 16.5. The number of para-hydroxylation sites is 2. The van der Waals surface area contributed by atoms with Crippen molar-refractivity contribution in [3.8, 4) is 5.75 Å². The third-order valence-corrected chi connectivity index (χ3v) is 5.41. The van der Waals surface area contributed by atoms with Crippen molar-refractivity contribution in [2.45, 2.75) is 6.54 Å². The molecule has 1 fully saturated rings. The summed E-state index contributed by atoms with van der Waals surface area (Å²) in [5, 5.41) is 13.9. The van der Waals surface area contributed by atoms with Crippen molar-refractivity contribution in [2.75, 3.05) is 38.2 Å². The number of carboxylic acids is 1. The van der Waals surface area contributed by atoms with E-state index >= 15 is 0 Å².